The van der Waals surface area contributed by atoms with Crippen LogP contribution < -0.4 is 4.90 Å². The molecular formula is C14H18FNO2. The Morgan fingerprint density at radius 1 is 1.50 bits per heavy atom. The highest BCUT2D eigenvalue weighted by Crippen LogP contribution is 2.28. The van der Waals surface area contributed by atoms with Gasteiger partial charge in [-0.3, -0.25) is 4.79 Å². The van der Waals surface area contributed by atoms with Gasteiger partial charge in [-0.25, -0.2) is 4.39 Å². The highest BCUT2D eigenvalue weighted by Gasteiger charge is 2.21. The first-order chi connectivity index (χ1) is 8.70. The second-order valence-electron chi connectivity index (χ2n) is 4.76. The van der Waals surface area contributed by atoms with Crippen molar-refractivity contribution in [3.05, 3.63) is 29.6 Å². The highest BCUT2D eigenvalue weighted by molar-refractivity contribution is 5.84. The van der Waals surface area contributed by atoms with Crippen LogP contribution in [0.5, 0.6) is 0 Å². The standard InChI is InChI=1S/C14H18FNO2/c1-16(6-7-18-10-11-2-3-11)14-5-4-13(15)8-12(14)9-17/h4-5,8-9,11H,2-3,6-7,10H2,1H3. The summed E-state index contributed by atoms with van der Waals surface area (Å²) in [4.78, 5) is 12.8. The molecule has 18 heavy (non-hydrogen) atoms. The Kier molecular flexibility index (Phi) is 4.31. The summed E-state index contributed by atoms with van der Waals surface area (Å²) in [6.07, 6.45) is 3.24. The van der Waals surface area contributed by atoms with Gasteiger partial charge in [-0.15, -0.1) is 0 Å². The molecule has 2 rings (SSSR count). The second kappa shape index (κ2) is 5.96. The summed E-state index contributed by atoms with van der Waals surface area (Å²) >= 11 is 0. The molecule has 98 valence electrons. The van der Waals surface area contributed by atoms with Gasteiger partial charge < -0.3 is 9.64 Å². The fraction of sp³-hybridized carbons (Fsp3) is 0.500. The molecule has 0 amide bonds. The molecule has 0 saturated heterocycles. The van der Waals surface area contributed by atoms with Crippen molar-refractivity contribution >= 4 is 12.0 Å². The lowest BCUT2D eigenvalue weighted by Crippen LogP contribution is -2.24. The van der Waals surface area contributed by atoms with Crippen molar-refractivity contribution < 1.29 is 13.9 Å². The molecule has 3 nitrogen and oxygen atoms in total. The molecule has 0 bridgehead atoms. The second-order valence-corrected chi connectivity index (χ2v) is 4.76. The van der Waals surface area contributed by atoms with Gasteiger partial charge in [0, 0.05) is 31.5 Å². The third kappa shape index (κ3) is 3.53. The number of hydrogen-bond acceptors (Lipinski definition) is 3. The number of likely N-dealkylation sites (N-methyl/N-ethyl adjacent to an activating group) is 1. The van der Waals surface area contributed by atoms with E-state index in [4.69, 9.17) is 4.74 Å². The number of carbonyl (C=O) groups excluding carboxylic acids is 1. The zero-order valence-corrected chi connectivity index (χ0v) is 10.6. The van der Waals surface area contributed by atoms with Crippen molar-refractivity contribution in [1.29, 1.82) is 0 Å². The average Bonchev–Trinajstić information content (AvgIpc) is 3.18. The Morgan fingerprint density at radius 2 is 2.28 bits per heavy atom. The van der Waals surface area contributed by atoms with Crippen LogP contribution in [-0.2, 0) is 4.74 Å². The maximum atomic E-state index is 13.0. The Balaban J connectivity index is 1.86. The molecule has 0 aliphatic heterocycles. The van der Waals surface area contributed by atoms with Crippen molar-refractivity contribution in [1.82, 2.24) is 0 Å². The van der Waals surface area contributed by atoms with Gasteiger partial charge in [0.15, 0.2) is 6.29 Å². The Labute approximate surface area is 107 Å². The summed E-state index contributed by atoms with van der Waals surface area (Å²) in [5.74, 6) is 0.367. The number of rotatable bonds is 7. The van der Waals surface area contributed by atoms with E-state index in [9.17, 15) is 9.18 Å². The van der Waals surface area contributed by atoms with Crippen molar-refractivity contribution in [2.45, 2.75) is 12.8 Å². The molecule has 1 aliphatic carbocycles. The van der Waals surface area contributed by atoms with E-state index in [1.807, 2.05) is 11.9 Å². The number of nitrogens with zero attached hydrogens (tertiary/aromatic N) is 1. The average molecular weight is 251 g/mol. The van der Waals surface area contributed by atoms with Crippen LogP contribution in [0.3, 0.4) is 0 Å². The predicted molar refractivity (Wildman–Crippen MR) is 68.6 cm³/mol. The normalized spacial score (nSPS) is 14.6. The fourth-order valence-corrected chi connectivity index (χ4v) is 1.82. The molecule has 1 fully saturated rings. The zero-order chi connectivity index (χ0) is 13.0. The molecule has 1 saturated carbocycles. The van der Waals surface area contributed by atoms with Crippen LogP contribution in [0, 0.1) is 11.7 Å². The number of benzene rings is 1. The van der Waals surface area contributed by atoms with E-state index < -0.39 is 0 Å². The van der Waals surface area contributed by atoms with E-state index in [0.717, 1.165) is 18.2 Å². The molecule has 1 aliphatic rings. The molecular weight excluding hydrogens is 233 g/mol. The summed E-state index contributed by atoms with van der Waals surface area (Å²) in [6.45, 7) is 2.15. The summed E-state index contributed by atoms with van der Waals surface area (Å²) < 4.78 is 18.5. The van der Waals surface area contributed by atoms with E-state index in [0.29, 0.717) is 25.0 Å². The number of anilines is 1. The van der Waals surface area contributed by atoms with Crippen LogP contribution in [-0.4, -0.2) is 33.1 Å². The molecule has 0 heterocycles. The molecule has 0 atom stereocenters. The van der Waals surface area contributed by atoms with Crippen molar-refractivity contribution in [3.63, 3.8) is 0 Å². The number of halogens is 1. The maximum Gasteiger partial charge on any atom is 0.152 e. The molecule has 4 heteroatoms. The molecule has 0 spiro atoms. The van der Waals surface area contributed by atoms with E-state index in [1.54, 1.807) is 6.07 Å². The lowest BCUT2D eigenvalue weighted by atomic mass is 10.2. The van der Waals surface area contributed by atoms with Gasteiger partial charge >= 0.3 is 0 Å². The summed E-state index contributed by atoms with van der Waals surface area (Å²) in [5, 5.41) is 0. The van der Waals surface area contributed by atoms with Gasteiger partial charge in [-0.05, 0) is 37.0 Å². The van der Waals surface area contributed by atoms with Gasteiger partial charge in [0.25, 0.3) is 0 Å². The van der Waals surface area contributed by atoms with Gasteiger partial charge in [0.05, 0.1) is 6.61 Å². The Morgan fingerprint density at radius 3 is 2.94 bits per heavy atom. The smallest absolute Gasteiger partial charge is 0.152 e. The molecule has 0 aromatic heterocycles. The van der Waals surface area contributed by atoms with Gasteiger partial charge in [0.2, 0.25) is 0 Å². The van der Waals surface area contributed by atoms with Crippen LogP contribution in [0.15, 0.2) is 18.2 Å². The van der Waals surface area contributed by atoms with Crippen LogP contribution in [0.2, 0.25) is 0 Å². The van der Waals surface area contributed by atoms with Crippen LogP contribution in [0.25, 0.3) is 0 Å². The van der Waals surface area contributed by atoms with E-state index in [1.165, 1.54) is 25.0 Å². The number of hydrogen-bond donors (Lipinski definition) is 0. The predicted octanol–water partition coefficient (Wildman–Crippen LogP) is 2.50. The lowest BCUT2D eigenvalue weighted by molar-refractivity contribution is 0.112. The van der Waals surface area contributed by atoms with Crippen LogP contribution in [0.4, 0.5) is 10.1 Å². The van der Waals surface area contributed by atoms with E-state index in [2.05, 4.69) is 0 Å². The zero-order valence-electron chi connectivity index (χ0n) is 10.6. The fourth-order valence-electron chi connectivity index (χ4n) is 1.82. The summed E-state index contributed by atoms with van der Waals surface area (Å²) in [7, 11) is 1.88. The lowest BCUT2D eigenvalue weighted by Gasteiger charge is -2.20. The number of carbonyl (C=O) groups is 1. The first kappa shape index (κ1) is 13.0. The third-order valence-electron chi connectivity index (χ3n) is 3.15. The number of aldehydes is 1. The molecule has 1 aromatic rings. The minimum atomic E-state index is -0.390. The van der Waals surface area contributed by atoms with Gasteiger partial charge in [-0.1, -0.05) is 0 Å². The molecule has 0 radical (unpaired) electrons. The van der Waals surface area contributed by atoms with Crippen LogP contribution >= 0.6 is 0 Å². The number of ether oxygens (including phenoxy) is 1. The van der Waals surface area contributed by atoms with Crippen LogP contribution in [0.1, 0.15) is 23.2 Å². The SMILES string of the molecule is CN(CCOCC1CC1)c1ccc(F)cc1C=O. The Hall–Kier alpha value is -1.42. The summed E-state index contributed by atoms with van der Waals surface area (Å²) in [5.41, 5.74) is 1.11. The first-order valence-electron chi connectivity index (χ1n) is 6.24. The summed E-state index contributed by atoms with van der Waals surface area (Å²) in [6, 6.07) is 4.24. The van der Waals surface area contributed by atoms with Crippen molar-refractivity contribution in [2.75, 3.05) is 31.7 Å². The largest absolute Gasteiger partial charge is 0.379 e. The quantitative estimate of drug-likeness (QED) is 0.551. The van der Waals surface area contributed by atoms with Crippen molar-refractivity contribution in [2.24, 2.45) is 5.92 Å². The molecule has 0 N–H and O–H groups in total. The third-order valence-corrected chi connectivity index (χ3v) is 3.15. The first-order valence-corrected chi connectivity index (χ1v) is 6.24. The maximum absolute atomic E-state index is 13.0. The van der Waals surface area contributed by atoms with Crippen molar-refractivity contribution in [3.8, 4) is 0 Å². The highest BCUT2D eigenvalue weighted by atomic mass is 19.1. The molecule has 0 unspecified atom stereocenters. The molecule has 1 aromatic carbocycles. The van der Waals surface area contributed by atoms with E-state index >= 15 is 0 Å². The minimum Gasteiger partial charge on any atom is -0.379 e. The van der Waals surface area contributed by atoms with Gasteiger partial charge in [-0.2, -0.15) is 0 Å². The Bertz CT molecular complexity index is 418. The monoisotopic (exact) mass is 251 g/mol. The van der Waals surface area contributed by atoms with E-state index in [-0.39, 0.29) is 5.82 Å². The topological polar surface area (TPSA) is 29.5 Å². The van der Waals surface area contributed by atoms with Gasteiger partial charge in [0.1, 0.15) is 5.82 Å². The minimum absolute atomic E-state index is 0.375.